The van der Waals surface area contributed by atoms with Crippen LogP contribution in [0.3, 0.4) is 0 Å². The van der Waals surface area contributed by atoms with E-state index in [1.807, 2.05) is 31.6 Å². The molecule has 2 saturated heterocycles. The smallest absolute Gasteiger partial charge is 0.119 e. The quantitative estimate of drug-likeness (QED) is 0.609. The molecular weight excluding hydrogens is 388 g/mol. The summed E-state index contributed by atoms with van der Waals surface area (Å²) in [5.74, 6) is 0.922. The van der Waals surface area contributed by atoms with Crippen molar-refractivity contribution in [2.24, 2.45) is 7.05 Å². The Morgan fingerprint density at radius 2 is 1.97 bits per heavy atom. The third-order valence-corrected chi connectivity index (χ3v) is 7.13. The second kappa shape index (κ2) is 8.61. The van der Waals surface area contributed by atoms with Gasteiger partial charge in [0.1, 0.15) is 5.75 Å². The zero-order valence-corrected chi connectivity index (χ0v) is 18.7. The summed E-state index contributed by atoms with van der Waals surface area (Å²) in [6, 6.07) is 11.5. The molecule has 1 aromatic carbocycles. The van der Waals surface area contributed by atoms with E-state index in [1.165, 1.54) is 34.9 Å². The first-order chi connectivity index (χ1) is 15.2. The second-order valence-corrected chi connectivity index (χ2v) is 8.86. The minimum Gasteiger partial charge on any atom is -0.497 e. The summed E-state index contributed by atoms with van der Waals surface area (Å²) in [6.45, 7) is 4.26. The van der Waals surface area contributed by atoms with Crippen LogP contribution in [0.15, 0.2) is 48.9 Å². The van der Waals surface area contributed by atoms with Crippen molar-refractivity contribution >= 4 is 10.9 Å². The van der Waals surface area contributed by atoms with Crippen molar-refractivity contribution in [2.45, 2.75) is 37.6 Å². The number of rotatable bonds is 6. The Kier molecular flexibility index (Phi) is 5.69. The summed E-state index contributed by atoms with van der Waals surface area (Å²) in [4.78, 5) is 9.56. The van der Waals surface area contributed by atoms with E-state index in [9.17, 15) is 0 Å². The Hall–Kier alpha value is -2.41. The molecule has 2 fully saturated rings. The van der Waals surface area contributed by atoms with Gasteiger partial charge < -0.3 is 14.0 Å². The zero-order chi connectivity index (χ0) is 21.4. The van der Waals surface area contributed by atoms with Crippen molar-refractivity contribution in [3.63, 3.8) is 0 Å². The predicted molar refractivity (Wildman–Crippen MR) is 122 cm³/mol. The average molecular weight is 421 g/mol. The lowest BCUT2D eigenvalue weighted by Crippen LogP contribution is -2.60. The Morgan fingerprint density at radius 3 is 2.68 bits per heavy atom. The van der Waals surface area contributed by atoms with Gasteiger partial charge in [0.25, 0.3) is 0 Å². The summed E-state index contributed by atoms with van der Waals surface area (Å²) >= 11 is 0. The monoisotopic (exact) mass is 420 g/mol. The van der Waals surface area contributed by atoms with Crippen LogP contribution in [0.2, 0.25) is 0 Å². The highest BCUT2D eigenvalue weighted by atomic mass is 16.5. The maximum atomic E-state index is 5.74. The summed E-state index contributed by atoms with van der Waals surface area (Å²) in [6.07, 6.45) is 8.77. The number of piperidine rings is 1. The highest BCUT2D eigenvalue weighted by Crippen LogP contribution is 2.39. The SMILES string of the molecule is COc1ccc2c(c1)c(CN1CCC(N3C[C@H](OC)[C@@H]3c3cccnc3)CC1)cn2C. The van der Waals surface area contributed by atoms with E-state index in [1.54, 1.807) is 7.11 Å². The Labute approximate surface area is 184 Å². The summed E-state index contributed by atoms with van der Waals surface area (Å²) in [5.41, 5.74) is 3.91. The van der Waals surface area contributed by atoms with Crippen molar-refractivity contribution in [3.05, 3.63) is 60.0 Å². The molecule has 2 aliphatic rings. The maximum Gasteiger partial charge on any atom is 0.119 e. The topological polar surface area (TPSA) is 42.8 Å². The van der Waals surface area contributed by atoms with Crippen LogP contribution in [0.1, 0.15) is 30.0 Å². The molecule has 2 atom stereocenters. The molecule has 0 bridgehead atoms. The molecule has 0 amide bonds. The van der Waals surface area contributed by atoms with Gasteiger partial charge in [-0.05, 0) is 61.3 Å². The van der Waals surface area contributed by atoms with E-state index in [2.05, 4.69) is 50.8 Å². The lowest BCUT2D eigenvalue weighted by Gasteiger charge is -2.53. The summed E-state index contributed by atoms with van der Waals surface area (Å²) in [7, 11) is 5.68. The number of pyridine rings is 1. The zero-order valence-electron chi connectivity index (χ0n) is 18.7. The van der Waals surface area contributed by atoms with Crippen LogP contribution < -0.4 is 4.74 Å². The van der Waals surface area contributed by atoms with Gasteiger partial charge in [-0.3, -0.25) is 14.8 Å². The van der Waals surface area contributed by atoms with Crippen molar-refractivity contribution in [1.82, 2.24) is 19.4 Å². The van der Waals surface area contributed by atoms with Gasteiger partial charge in [-0.1, -0.05) is 6.07 Å². The average Bonchev–Trinajstić information content (AvgIpc) is 3.09. The Balaban J connectivity index is 1.25. The van der Waals surface area contributed by atoms with E-state index in [4.69, 9.17) is 9.47 Å². The molecule has 0 N–H and O–H groups in total. The third kappa shape index (κ3) is 3.84. The van der Waals surface area contributed by atoms with Crippen LogP contribution in [0.25, 0.3) is 10.9 Å². The van der Waals surface area contributed by atoms with Crippen LogP contribution in [-0.2, 0) is 18.3 Å². The van der Waals surface area contributed by atoms with Gasteiger partial charge in [0, 0.05) is 62.8 Å². The number of likely N-dealkylation sites (tertiary alicyclic amines) is 2. The third-order valence-electron chi connectivity index (χ3n) is 7.13. The predicted octanol–water partition coefficient (Wildman–Crippen LogP) is 3.62. The number of hydrogen-bond acceptors (Lipinski definition) is 5. The van der Waals surface area contributed by atoms with Crippen LogP contribution in [-0.4, -0.2) is 65.4 Å². The van der Waals surface area contributed by atoms with Gasteiger partial charge in [-0.15, -0.1) is 0 Å². The minimum absolute atomic E-state index is 0.271. The Morgan fingerprint density at radius 1 is 1.13 bits per heavy atom. The molecule has 3 aromatic rings. The molecule has 6 nitrogen and oxygen atoms in total. The van der Waals surface area contributed by atoms with Gasteiger partial charge in [0.05, 0.1) is 19.3 Å². The first-order valence-corrected chi connectivity index (χ1v) is 11.2. The van der Waals surface area contributed by atoms with Gasteiger partial charge in [-0.2, -0.15) is 0 Å². The van der Waals surface area contributed by atoms with Crippen molar-refractivity contribution in [3.8, 4) is 5.75 Å². The molecule has 0 aliphatic carbocycles. The molecule has 2 aromatic heterocycles. The fourth-order valence-electron chi connectivity index (χ4n) is 5.39. The van der Waals surface area contributed by atoms with Gasteiger partial charge in [0.2, 0.25) is 0 Å². The number of fused-ring (bicyclic) bond motifs is 1. The van der Waals surface area contributed by atoms with E-state index < -0.39 is 0 Å². The molecule has 0 saturated carbocycles. The largest absolute Gasteiger partial charge is 0.497 e. The van der Waals surface area contributed by atoms with Gasteiger partial charge >= 0.3 is 0 Å². The van der Waals surface area contributed by atoms with E-state index in [0.29, 0.717) is 12.1 Å². The number of aryl methyl sites for hydroxylation is 1. The number of benzene rings is 1. The van der Waals surface area contributed by atoms with Crippen molar-refractivity contribution in [1.29, 1.82) is 0 Å². The van der Waals surface area contributed by atoms with Crippen molar-refractivity contribution in [2.75, 3.05) is 33.9 Å². The number of methoxy groups -OCH3 is 2. The van der Waals surface area contributed by atoms with Crippen LogP contribution in [0, 0.1) is 0 Å². The lowest BCUT2D eigenvalue weighted by atomic mass is 9.87. The molecule has 164 valence electrons. The molecule has 0 unspecified atom stereocenters. The van der Waals surface area contributed by atoms with E-state index in [0.717, 1.165) is 31.9 Å². The molecule has 6 heteroatoms. The molecular formula is C25H32N4O2. The molecule has 5 rings (SSSR count). The number of aromatic nitrogens is 2. The van der Waals surface area contributed by atoms with Crippen LogP contribution in [0.4, 0.5) is 0 Å². The lowest BCUT2D eigenvalue weighted by molar-refractivity contribution is -0.117. The highest BCUT2D eigenvalue weighted by Gasteiger charge is 2.44. The Bertz CT molecular complexity index is 1030. The summed E-state index contributed by atoms with van der Waals surface area (Å²) < 4.78 is 13.4. The highest BCUT2D eigenvalue weighted by molar-refractivity contribution is 5.85. The van der Waals surface area contributed by atoms with E-state index in [-0.39, 0.29) is 6.10 Å². The minimum atomic E-state index is 0.271. The summed E-state index contributed by atoms with van der Waals surface area (Å²) in [5, 5.41) is 1.30. The normalized spacial score (nSPS) is 23.2. The van der Waals surface area contributed by atoms with E-state index >= 15 is 0 Å². The van der Waals surface area contributed by atoms with Crippen LogP contribution in [0.5, 0.6) is 5.75 Å². The standard InChI is InChI=1S/C25H32N4O2/c1-27-15-19(22-13-21(30-2)6-7-23(22)27)16-28-11-8-20(9-12-28)29-17-24(31-3)25(29)18-5-4-10-26-14-18/h4-7,10,13-15,20,24-25H,8-9,11-12,16-17H2,1-3H3/t24-,25-/m0/s1. The number of nitrogens with zero attached hydrogens (tertiary/aromatic N) is 4. The molecule has 0 spiro atoms. The first-order valence-electron chi connectivity index (χ1n) is 11.2. The van der Waals surface area contributed by atoms with Gasteiger partial charge in [-0.25, -0.2) is 0 Å². The van der Waals surface area contributed by atoms with Crippen LogP contribution >= 0.6 is 0 Å². The maximum absolute atomic E-state index is 5.74. The number of hydrogen-bond donors (Lipinski definition) is 0. The molecule has 4 heterocycles. The fraction of sp³-hybridized carbons (Fsp3) is 0.480. The first kappa shape index (κ1) is 20.5. The molecule has 2 aliphatic heterocycles. The molecule has 0 radical (unpaired) electrons. The number of ether oxygens (including phenoxy) is 2. The second-order valence-electron chi connectivity index (χ2n) is 8.86. The molecule has 31 heavy (non-hydrogen) atoms. The van der Waals surface area contributed by atoms with Gasteiger partial charge in [0.15, 0.2) is 0 Å². The van der Waals surface area contributed by atoms with Crippen molar-refractivity contribution < 1.29 is 9.47 Å². The fourth-order valence-corrected chi connectivity index (χ4v) is 5.39.